The van der Waals surface area contributed by atoms with Gasteiger partial charge in [-0.1, -0.05) is 26.0 Å². The highest BCUT2D eigenvalue weighted by Gasteiger charge is 2.09. The SMILES string of the molecule is CCN(CC)CCOC(=O)c1ccc(NC(=O)CSCc2ccc(C#N)cc2)cc1. The van der Waals surface area contributed by atoms with Crippen LogP contribution in [0, 0.1) is 11.3 Å². The molecule has 6 nitrogen and oxygen atoms in total. The molecule has 0 aromatic heterocycles. The zero-order chi connectivity index (χ0) is 21.8. The minimum Gasteiger partial charge on any atom is -0.461 e. The van der Waals surface area contributed by atoms with Crippen LogP contribution in [0.25, 0.3) is 0 Å². The number of likely N-dealkylation sites (N-methyl/N-ethyl adjacent to an activating group) is 1. The number of esters is 1. The van der Waals surface area contributed by atoms with Gasteiger partial charge in [0.15, 0.2) is 0 Å². The highest BCUT2D eigenvalue weighted by atomic mass is 32.2. The number of hydrogen-bond acceptors (Lipinski definition) is 6. The minimum atomic E-state index is -0.363. The molecule has 0 bridgehead atoms. The first-order valence-corrected chi connectivity index (χ1v) is 11.1. The van der Waals surface area contributed by atoms with Gasteiger partial charge in [0.2, 0.25) is 5.91 Å². The summed E-state index contributed by atoms with van der Waals surface area (Å²) in [6.07, 6.45) is 0. The molecule has 0 fully saturated rings. The lowest BCUT2D eigenvalue weighted by molar-refractivity contribution is -0.113. The first-order valence-electron chi connectivity index (χ1n) is 9.91. The summed E-state index contributed by atoms with van der Waals surface area (Å²) in [6.45, 7) is 7.07. The van der Waals surface area contributed by atoms with E-state index in [9.17, 15) is 9.59 Å². The fourth-order valence-electron chi connectivity index (χ4n) is 2.71. The molecule has 30 heavy (non-hydrogen) atoms. The van der Waals surface area contributed by atoms with Crippen molar-refractivity contribution in [2.24, 2.45) is 0 Å². The largest absolute Gasteiger partial charge is 0.461 e. The molecule has 0 heterocycles. The van der Waals surface area contributed by atoms with Gasteiger partial charge >= 0.3 is 5.97 Å². The van der Waals surface area contributed by atoms with Crippen LogP contribution < -0.4 is 5.32 Å². The first-order chi connectivity index (χ1) is 14.5. The highest BCUT2D eigenvalue weighted by molar-refractivity contribution is 7.99. The predicted molar refractivity (Wildman–Crippen MR) is 120 cm³/mol. The monoisotopic (exact) mass is 425 g/mol. The van der Waals surface area contributed by atoms with E-state index in [2.05, 4.69) is 30.1 Å². The summed E-state index contributed by atoms with van der Waals surface area (Å²) in [6, 6.07) is 16.1. The van der Waals surface area contributed by atoms with E-state index < -0.39 is 0 Å². The molecule has 0 aliphatic carbocycles. The molecule has 0 aliphatic heterocycles. The molecule has 2 rings (SSSR count). The van der Waals surface area contributed by atoms with Crippen molar-refractivity contribution in [1.29, 1.82) is 5.26 Å². The van der Waals surface area contributed by atoms with Gasteiger partial charge in [-0.2, -0.15) is 5.26 Å². The Bertz CT molecular complexity index is 857. The van der Waals surface area contributed by atoms with Crippen molar-refractivity contribution in [1.82, 2.24) is 4.90 Å². The number of nitrogens with one attached hydrogen (secondary N) is 1. The number of amides is 1. The molecule has 0 aliphatic rings. The molecule has 0 saturated carbocycles. The molecular formula is C23H27N3O3S. The Morgan fingerprint density at radius 2 is 1.73 bits per heavy atom. The number of nitriles is 1. The van der Waals surface area contributed by atoms with Crippen LogP contribution in [0.2, 0.25) is 0 Å². The Kier molecular flexibility index (Phi) is 9.92. The summed E-state index contributed by atoms with van der Waals surface area (Å²) >= 11 is 1.50. The predicted octanol–water partition coefficient (Wildman–Crippen LogP) is 3.93. The molecule has 1 N–H and O–H groups in total. The molecule has 0 atom stereocenters. The van der Waals surface area contributed by atoms with Crippen molar-refractivity contribution in [3.05, 3.63) is 65.2 Å². The molecular weight excluding hydrogens is 398 g/mol. The second-order valence-electron chi connectivity index (χ2n) is 6.59. The Morgan fingerprint density at radius 3 is 2.33 bits per heavy atom. The molecule has 158 valence electrons. The van der Waals surface area contributed by atoms with Gasteiger partial charge in [-0.15, -0.1) is 11.8 Å². The fourth-order valence-corrected chi connectivity index (χ4v) is 3.50. The van der Waals surface area contributed by atoms with Crippen LogP contribution in [0.4, 0.5) is 5.69 Å². The van der Waals surface area contributed by atoms with Crippen molar-refractivity contribution >= 4 is 29.3 Å². The zero-order valence-corrected chi connectivity index (χ0v) is 18.2. The Labute approximate surface area is 182 Å². The van der Waals surface area contributed by atoms with E-state index in [1.165, 1.54) is 11.8 Å². The lowest BCUT2D eigenvalue weighted by Gasteiger charge is -2.17. The molecule has 0 spiro atoms. The van der Waals surface area contributed by atoms with E-state index in [0.717, 1.165) is 18.7 Å². The van der Waals surface area contributed by atoms with Gasteiger partial charge < -0.3 is 15.0 Å². The van der Waals surface area contributed by atoms with Crippen molar-refractivity contribution in [3.8, 4) is 6.07 Å². The summed E-state index contributed by atoms with van der Waals surface area (Å²) in [5.41, 5.74) is 2.79. The van der Waals surface area contributed by atoms with Gasteiger partial charge in [-0.25, -0.2) is 4.79 Å². The Hall–Kier alpha value is -2.82. The number of rotatable bonds is 11. The molecule has 1 amide bonds. The van der Waals surface area contributed by atoms with E-state index in [4.69, 9.17) is 10.00 Å². The zero-order valence-electron chi connectivity index (χ0n) is 17.4. The van der Waals surface area contributed by atoms with Crippen LogP contribution >= 0.6 is 11.8 Å². The normalized spacial score (nSPS) is 10.5. The number of thioether (sulfide) groups is 1. The second-order valence-corrected chi connectivity index (χ2v) is 7.58. The van der Waals surface area contributed by atoms with Gasteiger partial charge in [0, 0.05) is 18.0 Å². The standard InChI is InChI=1S/C23H27N3O3S/c1-3-26(4-2)13-14-29-23(28)20-9-11-21(12-10-20)25-22(27)17-30-16-19-7-5-18(15-24)6-8-19/h5-12H,3-4,13-14,16-17H2,1-2H3,(H,25,27). The quantitative estimate of drug-likeness (QED) is 0.549. The minimum absolute atomic E-state index is 0.108. The lowest BCUT2D eigenvalue weighted by atomic mass is 10.2. The van der Waals surface area contributed by atoms with Crippen LogP contribution in [0.15, 0.2) is 48.5 Å². The second kappa shape index (κ2) is 12.7. The molecule has 2 aromatic carbocycles. The maximum atomic E-state index is 12.1. The van der Waals surface area contributed by atoms with Gasteiger partial charge in [-0.3, -0.25) is 4.79 Å². The number of nitrogens with zero attached hydrogens (tertiary/aromatic N) is 2. The van der Waals surface area contributed by atoms with Crippen LogP contribution in [0.5, 0.6) is 0 Å². The van der Waals surface area contributed by atoms with Crippen LogP contribution in [-0.2, 0) is 15.3 Å². The van der Waals surface area contributed by atoms with Gasteiger partial charge in [0.25, 0.3) is 0 Å². The highest BCUT2D eigenvalue weighted by Crippen LogP contribution is 2.15. The third kappa shape index (κ3) is 7.90. The molecule has 7 heteroatoms. The van der Waals surface area contributed by atoms with Crippen molar-refractivity contribution in [3.63, 3.8) is 0 Å². The smallest absolute Gasteiger partial charge is 0.338 e. The average Bonchev–Trinajstić information content (AvgIpc) is 2.77. The molecule has 2 aromatic rings. The van der Waals surface area contributed by atoms with E-state index in [1.54, 1.807) is 36.4 Å². The third-order valence-electron chi connectivity index (χ3n) is 4.52. The number of anilines is 1. The number of carbonyl (C=O) groups is 2. The maximum Gasteiger partial charge on any atom is 0.338 e. The van der Waals surface area contributed by atoms with Crippen molar-refractivity contribution < 1.29 is 14.3 Å². The van der Waals surface area contributed by atoms with Crippen LogP contribution in [0.1, 0.15) is 35.3 Å². The summed E-state index contributed by atoms with van der Waals surface area (Å²) in [5, 5.41) is 11.6. The van der Waals surface area contributed by atoms with Gasteiger partial charge in [0.1, 0.15) is 6.61 Å². The first kappa shape index (κ1) is 23.5. The van der Waals surface area contributed by atoms with E-state index in [-0.39, 0.29) is 11.9 Å². The Morgan fingerprint density at radius 1 is 1.07 bits per heavy atom. The number of hydrogen-bond donors (Lipinski definition) is 1. The van der Waals surface area contributed by atoms with Crippen LogP contribution in [-0.4, -0.2) is 48.8 Å². The third-order valence-corrected chi connectivity index (χ3v) is 5.53. The van der Waals surface area contributed by atoms with Gasteiger partial charge in [0.05, 0.1) is 22.9 Å². The number of ether oxygens (including phenoxy) is 1. The molecule has 0 unspecified atom stereocenters. The Balaban J connectivity index is 1.72. The van der Waals surface area contributed by atoms with Crippen LogP contribution in [0.3, 0.4) is 0 Å². The molecule has 0 radical (unpaired) electrons. The van der Waals surface area contributed by atoms with Crippen molar-refractivity contribution in [2.75, 3.05) is 37.3 Å². The summed E-state index contributed by atoms with van der Waals surface area (Å²) in [7, 11) is 0. The van der Waals surface area contributed by atoms with E-state index in [0.29, 0.717) is 41.5 Å². The number of carbonyl (C=O) groups excluding carboxylic acids is 2. The van der Waals surface area contributed by atoms with Gasteiger partial charge in [-0.05, 0) is 55.1 Å². The summed E-state index contributed by atoms with van der Waals surface area (Å²) < 4.78 is 5.30. The number of benzene rings is 2. The summed E-state index contributed by atoms with van der Waals surface area (Å²) in [5.74, 6) is 0.535. The maximum absolute atomic E-state index is 12.1. The van der Waals surface area contributed by atoms with E-state index in [1.807, 2.05) is 12.1 Å². The average molecular weight is 426 g/mol. The summed E-state index contributed by atoms with van der Waals surface area (Å²) in [4.78, 5) is 26.4. The van der Waals surface area contributed by atoms with Crippen molar-refractivity contribution in [2.45, 2.75) is 19.6 Å². The molecule has 0 saturated heterocycles. The van der Waals surface area contributed by atoms with E-state index >= 15 is 0 Å². The fraction of sp³-hybridized carbons (Fsp3) is 0.348. The lowest BCUT2D eigenvalue weighted by Crippen LogP contribution is -2.27. The topological polar surface area (TPSA) is 82.4 Å².